The van der Waals surface area contributed by atoms with Crippen LogP contribution in [0.4, 0.5) is 0 Å². The molecule has 2 rings (SSSR count). The highest BCUT2D eigenvalue weighted by molar-refractivity contribution is 7.98. The molecule has 0 bridgehead atoms. The third kappa shape index (κ3) is 2.90. The lowest BCUT2D eigenvalue weighted by atomic mass is 10.1. The van der Waals surface area contributed by atoms with Gasteiger partial charge in [-0.2, -0.15) is 0 Å². The second-order valence-electron chi connectivity index (χ2n) is 4.07. The highest BCUT2D eigenvalue weighted by Gasteiger charge is 2.03. The van der Waals surface area contributed by atoms with Crippen LogP contribution in [0.5, 0.6) is 0 Å². The molecule has 1 aromatic heterocycles. The fraction of sp³-hybridized carbons (Fsp3) is 0.308. The smallest absolute Gasteiger partial charge is 0.167 e. The Bertz CT molecular complexity index is 505. The number of benzene rings is 1. The van der Waals surface area contributed by atoms with Gasteiger partial charge in [-0.05, 0) is 23.6 Å². The van der Waals surface area contributed by atoms with E-state index in [1.807, 2.05) is 24.0 Å². The lowest BCUT2D eigenvalue weighted by Crippen LogP contribution is -1.98. The fourth-order valence-corrected chi connectivity index (χ4v) is 2.69. The Hall–Kier alpha value is -1.26. The van der Waals surface area contributed by atoms with Gasteiger partial charge in [0.25, 0.3) is 0 Å². The Labute approximate surface area is 106 Å². The summed E-state index contributed by atoms with van der Waals surface area (Å²) in [5.41, 5.74) is 9.45. The van der Waals surface area contributed by atoms with Crippen molar-refractivity contribution < 1.29 is 0 Å². The van der Waals surface area contributed by atoms with Gasteiger partial charge in [-0.3, -0.25) is 0 Å². The molecule has 0 unspecified atom stereocenters. The third-order valence-electron chi connectivity index (χ3n) is 2.78. The number of thioether (sulfide) groups is 1. The van der Waals surface area contributed by atoms with E-state index in [1.165, 1.54) is 16.7 Å². The van der Waals surface area contributed by atoms with Crippen molar-refractivity contribution in [3.8, 4) is 0 Å². The van der Waals surface area contributed by atoms with Gasteiger partial charge in [0.05, 0.1) is 0 Å². The van der Waals surface area contributed by atoms with E-state index in [9.17, 15) is 0 Å². The minimum Gasteiger partial charge on any atom is -0.329 e. The van der Waals surface area contributed by atoms with Crippen molar-refractivity contribution in [3.63, 3.8) is 0 Å². The van der Waals surface area contributed by atoms with Crippen LogP contribution >= 0.6 is 11.8 Å². The van der Waals surface area contributed by atoms with E-state index in [0.717, 1.165) is 10.9 Å². The Balaban J connectivity index is 2.07. The maximum absolute atomic E-state index is 5.62. The number of hydrogen-bond donors (Lipinski definition) is 1. The number of aromatic nitrogens is 2. The van der Waals surface area contributed by atoms with Crippen LogP contribution in [0.3, 0.4) is 0 Å². The van der Waals surface area contributed by atoms with Gasteiger partial charge in [0.2, 0.25) is 0 Å². The molecule has 2 aromatic rings. The highest BCUT2D eigenvalue weighted by atomic mass is 32.2. The summed E-state index contributed by atoms with van der Waals surface area (Å²) in [7, 11) is 2.01. The van der Waals surface area contributed by atoms with E-state index in [-0.39, 0.29) is 0 Å². The molecule has 90 valence electrons. The molecule has 0 aliphatic rings. The van der Waals surface area contributed by atoms with Crippen molar-refractivity contribution in [2.45, 2.75) is 24.4 Å². The monoisotopic (exact) mass is 247 g/mol. The molecule has 0 spiro atoms. The molecule has 0 saturated heterocycles. The summed E-state index contributed by atoms with van der Waals surface area (Å²) < 4.78 is 2.04. The molecule has 0 fully saturated rings. The molecule has 3 nitrogen and oxygen atoms in total. The van der Waals surface area contributed by atoms with Crippen LogP contribution in [0.25, 0.3) is 0 Å². The van der Waals surface area contributed by atoms with Crippen molar-refractivity contribution in [1.82, 2.24) is 9.55 Å². The van der Waals surface area contributed by atoms with Gasteiger partial charge in [0, 0.05) is 31.7 Å². The zero-order valence-electron chi connectivity index (χ0n) is 10.2. The maximum atomic E-state index is 5.62. The van der Waals surface area contributed by atoms with E-state index in [1.54, 1.807) is 11.8 Å². The highest BCUT2D eigenvalue weighted by Crippen LogP contribution is 2.23. The maximum Gasteiger partial charge on any atom is 0.167 e. The van der Waals surface area contributed by atoms with Gasteiger partial charge in [-0.1, -0.05) is 30.0 Å². The predicted octanol–water partition coefficient (Wildman–Crippen LogP) is 2.48. The summed E-state index contributed by atoms with van der Waals surface area (Å²) in [4.78, 5) is 4.30. The molecular formula is C13H17N3S. The van der Waals surface area contributed by atoms with Gasteiger partial charge in [-0.25, -0.2) is 4.98 Å². The van der Waals surface area contributed by atoms with E-state index in [2.05, 4.69) is 30.1 Å². The number of hydrogen-bond acceptors (Lipinski definition) is 3. The molecule has 0 atom stereocenters. The standard InChI is InChI=1S/C13H17N3S/c1-10-7-11(8-14)3-4-12(10)9-17-13-15-5-6-16(13)2/h3-7H,8-9,14H2,1-2H3. The first-order valence-electron chi connectivity index (χ1n) is 5.59. The van der Waals surface area contributed by atoms with Crippen LogP contribution in [-0.2, 0) is 19.3 Å². The van der Waals surface area contributed by atoms with Gasteiger partial charge in [0.15, 0.2) is 5.16 Å². The first-order chi connectivity index (χ1) is 8.20. The predicted molar refractivity (Wildman–Crippen MR) is 71.8 cm³/mol. The van der Waals surface area contributed by atoms with Crippen molar-refractivity contribution in [2.75, 3.05) is 0 Å². The molecule has 0 aliphatic heterocycles. The topological polar surface area (TPSA) is 43.8 Å². The van der Waals surface area contributed by atoms with E-state index in [4.69, 9.17) is 5.73 Å². The fourth-order valence-electron chi connectivity index (χ4n) is 1.68. The van der Waals surface area contributed by atoms with Crippen LogP contribution < -0.4 is 5.73 Å². The van der Waals surface area contributed by atoms with Gasteiger partial charge in [-0.15, -0.1) is 0 Å². The van der Waals surface area contributed by atoms with Gasteiger partial charge in [0.1, 0.15) is 0 Å². The molecule has 17 heavy (non-hydrogen) atoms. The van der Waals surface area contributed by atoms with E-state index >= 15 is 0 Å². The van der Waals surface area contributed by atoms with Crippen molar-refractivity contribution in [3.05, 3.63) is 47.3 Å². The Morgan fingerprint density at radius 1 is 1.41 bits per heavy atom. The number of rotatable bonds is 4. The lowest BCUT2D eigenvalue weighted by Gasteiger charge is -2.07. The van der Waals surface area contributed by atoms with Crippen LogP contribution in [0.2, 0.25) is 0 Å². The molecule has 4 heteroatoms. The van der Waals surface area contributed by atoms with Crippen LogP contribution in [0.15, 0.2) is 35.7 Å². The van der Waals surface area contributed by atoms with Crippen molar-refractivity contribution in [1.29, 1.82) is 0 Å². The minimum atomic E-state index is 0.605. The zero-order chi connectivity index (χ0) is 12.3. The second kappa shape index (κ2) is 5.38. The van der Waals surface area contributed by atoms with Crippen LogP contribution in [0.1, 0.15) is 16.7 Å². The van der Waals surface area contributed by atoms with Gasteiger partial charge < -0.3 is 10.3 Å². The summed E-state index contributed by atoms with van der Waals surface area (Å²) in [5.74, 6) is 0.946. The zero-order valence-corrected chi connectivity index (χ0v) is 11.0. The summed E-state index contributed by atoms with van der Waals surface area (Å²) in [6.07, 6.45) is 3.79. The average Bonchev–Trinajstić information content (AvgIpc) is 2.73. The largest absolute Gasteiger partial charge is 0.329 e. The number of nitrogens with two attached hydrogens (primary N) is 1. The second-order valence-corrected chi connectivity index (χ2v) is 5.02. The molecular weight excluding hydrogens is 230 g/mol. The van der Waals surface area contributed by atoms with Gasteiger partial charge >= 0.3 is 0 Å². The molecule has 2 N–H and O–H groups in total. The molecule has 0 saturated carbocycles. The van der Waals surface area contributed by atoms with E-state index < -0.39 is 0 Å². The lowest BCUT2D eigenvalue weighted by molar-refractivity contribution is 0.790. The van der Waals surface area contributed by atoms with Crippen molar-refractivity contribution >= 4 is 11.8 Å². The Morgan fingerprint density at radius 2 is 2.24 bits per heavy atom. The first-order valence-corrected chi connectivity index (χ1v) is 6.58. The summed E-state index contributed by atoms with van der Waals surface area (Å²) >= 11 is 1.76. The number of nitrogens with zero attached hydrogens (tertiary/aromatic N) is 2. The summed E-state index contributed by atoms with van der Waals surface area (Å²) in [6.45, 7) is 2.74. The van der Waals surface area contributed by atoms with Crippen LogP contribution in [-0.4, -0.2) is 9.55 Å². The van der Waals surface area contributed by atoms with Crippen LogP contribution in [0, 0.1) is 6.92 Å². The van der Waals surface area contributed by atoms with E-state index in [0.29, 0.717) is 6.54 Å². The molecule has 1 aromatic carbocycles. The Morgan fingerprint density at radius 3 is 2.82 bits per heavy atom. The molecule has 0 aliphatic carbocycles. The normalized spacial score (nSPS) is 10.8. The SMILES string of the molecule is Cc1cc(CN)ccc1CSc1nccn1C. The number of imidazole rings is 1. The number of aryl methyl sites for hydroxylation is 2. The first kappa shape index (κ1) is 12.2. The average molecular weight is 247 g/mol. The molecule has 0 radical (unpaired) electrons. The third-order valence-corrected chi connectivity index (χ3v) is 3.88. The van der Waals surface area contributed by atoms with Crippen molar-refractivity contribution in [2.24, 2.45) is 12.8 Å². The quantitative estimate of drug-likeness (QED) is 0.844. The summed E-state index contributed by atoms with van der Waals surface area (Å²) in [5, 5.41) is 1.05. The molecule has 1 heterocycles. The minimum absolute atomic E-state index is 0.605. The summed E-state index contributed by atoms with van der Waals surface area (Å²) in [6, 6.07) is 6.42. The molecule has 0 amide bonds. The Kier molecular flexibility index (Phi) is 3.86.